The summed E-state index contributed by atoms with van der Waals surface area (Å²) in [6.45, 7) is 3.81. The van der Waals surface area contributed by atoms with Crippen LogP contribution >= 0.6 is 0 Å². The molecule has 4 nitrogen and oxygen atoms in total. The third-order valence-corrected chi connectivity index (χ3v) is 2.38. The van der Waals surface area contributed by atoms with Crippen LogP contribution in [0.5, 0.6) is 0 Å². The van der Waals surface area contributed by atoms with Gasteiger partial charge in [-0.3, -0.25) is 9.48 Å². The second kappa shape index (κ2) is 3.38. The van der Waals surface area contributed by atoms with Crippen LogP contribution in [0.25, 0.3) is 10.9 Å². The van der Waals surface area contributed by atoms with Crippen LogP contribution in [0.15, 0.2) is 18.2 Å². The normalized spacial score (nSPS) is 10.8. The van der Waals surface area contributed by atoms with Crippen molar-refractivity contribution in [2.75, 3.05) is 0 Å². The zero-order valence-electron chi connectivity index (χ0n) is 8.69. The van der Waals surface area contributed by atoms with Gasteiger partial charge >= 0.3 is 5.97 Å². The Morgan fingerprint density at radius 2 is 2.20 bits per heavy atom. The van der Waals surface area contributed by atoms with Crippen LogP contribution in [0.3, 0.4) is 0 Å². The molecule has 0 spiro atoms. The van der Waals surface area contributed by atoms with Crippen LogP contribution < -0.4 is 0 Å². The minimum absolute atomic E-state index is 0.0899. The second-order valence-electron chi connectivity index (χ2n) is 3.66. The number of carboxylic acid groups (broad SMARTS) is 1. The molecule has 0 bridgehead atoms. The van der Waals surface area contributed by atoms with Gasteiger partial charge in [0.2, 0.25) is 0 Å². The molecule has 15 heavy (non-hydrogen) atoms. The first-order valence-corrected chi connectivity index (χ1v) is 4.73. The van der Waals surface area contributed by atoms with Crippen molar-refractivity contribution in [3.63, 3.8) is 0 Å². The van der Waals surface area contributed by atoms with E-state index in [9.17, 15) is 4.79 Å². The van der Waals surface area contributed by atoms with Crippen molar-refractivity contribution < 1.29 is 9.90 Å². The van der Waals surface area contributed by atoms with E-state index in [1.165, 1.54) is 4.68 Å². The molecule has 0 radical (unpaired) electrons. The number of benzene rings is 1. The number of hydrogen-bond acceptors (Lipinski definition) is 2. The molecular weight excluding hydrogens is 192 g/mol. The largest absolute Gasteiger partial charge is 0.480 e. The van der Waals surface area contributed by atoms with Crippen molar-refractivity contribution in [2.45, 2.75) is 20.4 Å². The number of nitrogens with zero attached hydrogens (tertiary/aromatic N) is 2. The van der Waals surface area contributed by atoms with Crippen molar-refractivity contribution in [1.29, 1.82) is 0 Å². The maximum absolute atomic E-state index is 10.6. The lowest BCUT2D eigenvalue weighted by Gasteiger charge is -1.98. The predicted octanol–water partition coefficient (Wildman–Crippen LogP) is 1.74. The number of fused-ring (bicyclic) bond motifs is 1. The highest BCUT2D eigenvalue weighted by Gasteiger charge is 2.09. The maximum atomic E-state index is 10.6. The monoisotopic (exact) mass is 204 g/mol. The van der Waals surface area contributed by atoms with Crippen molar-refractivity contribution in [2.24, 2.45) is 0 Å². The SMILES string of the molecule is Cc1ccc2c(c1)c(C)nn2CC(=O)O. The van der Waals surface area contributed by atoms with Crippen molar-refractivity contribution in [3.8, 4) is 0 Å². The highest BCUT2D eigenvalue weighted by atomic mass is 16.4. The zero-order valence-corrected chi connectivity index (χ0v) is 8.69. The molecule has 4 heteroatoms. The van der Waals surface area contributed by atoms with Crippen molar-refractivity contribution in [1.82, 2.24) is 9.78 Å². The fourth-order valence-electron chi connectivity index (χ4n) is 1.70. The van der Waals surface area contributed by atoms with Crippen LogP contribution in [0.2, 0.25) is 0 Å². The Bertz CT molecular complexity index is 529. The Labute approximate surface area is 87.1 Å². The quantitative estimate of drug-likeness (QED) is 0.810. The summed E-state index contributed by atoms with van der Waals surface area (Å²) in [4.78, 5) is 10.6. The summed E-state index contributed by atoms with van der Waals surface area (Å²) in [6.07, 6.45) is 0. The number of carbonyl (C=O) groups is 1. The molecule has 1 aromatic heterocycles. The molecule has 2 aromatic rings. The molecule has 1 N–H and O–H groups in total. The van der Waals surface area contributed by atoms with Gasteiger partial charge in [0.15, 0.2) is 0 Å². The van der Waals surface area contributed by atoms with Gasteiger partial charge in [0.25, 0.3) is 0 Å². The highest BCUT2D eigenvalue weighted by molar-refractivity contribution is 5.83. The molecule has 0 fully saturated rings. The third-order valence-electron chi connectivity index (χ3n) is 2.38. The molecule has 1 aromatic carbocycles. The first kappa shape index (κ1) is 9.71. The number of rotatable bonds is 2. The van der Waals surface area contributed by atoms with E-state index in [4.69, 9.17) is 5.11 Å². The van der Waals surface area contributed by atoms with Crippen LogP contribution in [-0.2, 0) is 11.3 Å². The van der Waals surface area contributed by atoms with Gasteiger partial charge in [0, 0.05) is 5.39 Å². The Morgan fingerprint density at radius 1 is 1.47 bits per heavy atom. The zero-order chi connectivity index (χ0) is 11.0. The minimum Gasteiger partial charge on any atom is -0.480 e. The Morgan fingerprint density at radius 3 is 2.87 bits per heavy atom. The molecule has 78 valence electrons. The number of aryl methyl sites for hydroxylation is 2. The van der Waals surface area contributed by atoms with Gasteiger partial charge in [0.1, 0.15) is 6.54 Å². The van der Waals surface area contributed by atoms with E-state index in [-0.39, 0.29) is 6.54 Å². The molecule has 0 amide bonds. The smallest absolute Gasteiger partial charge is 0.325 e. The van der Waals surface area contributed by atoms with Crippen molar-refractivity contribution >= 4 is 16.9 Å². The van der Waals surface area contributed by atoms with Gasteiger partial charge in [-0.2, -0.15) is 5.10 Å². The molecule has 2 rings (SSSR count). The Kier molecular flexibility index (Phi) is 2.19. The van der Waals surface area contributed by atoms with Crippen LogP contribution in [0.4, 0.5) is 0 Å². The second-order valence-corrected chi connectivity index (χ2v) is 3.66. The molecule has 0 aliphatic rings. The highest BCUT2D eigenvalue weighted by Crippen LogP contribution is 2.19. The predicted molar refractivity (Wildman–Crippen MR) is 56.8 cm³/mol. The lowest BCUT2D eigenvalue weighted by atomic mass is 10.1. The number of aromatic nitrogens is 2. The fourth-order valence-corrected chi connectivity index (χ4v) is 1.70. The average molecular weight is 204 g/mol. The first-order valence-electron chi connectivity index (χ1n) is 4.73. The first-order chi connectivity index (χ1) is 7.08. The van der Waals surface area contributed by atoms with Gasteiger partial charge in [-0.05, 0) is 26.0 Å². The molecule has 0 aliphatic carbocycles. The number of aliphatic carboxylic acids is 1. The summed E-state index contributed by atoms with van der Waals surface area (Å²) in [5.74, 6) is -0.875. The summed E-state index contributed by atoms with van der Waals surface area (Å²) in [5.41, 5.74) is 2.90. The van der Waals surface area contributed by atoms with Gasteiger partial charge in [-0.25, -0.2) is 0 Å². The van der Waals surface area contributed by atoms with E-state index in [1.807, 2.05) is 32.0 Å². The maximum Gasteiger partial charge on any atom is 0.325 e. The molecule has 0 unspecified atom stereocenters. The standard InChI is InChI=1S/C11H12N2O2/c1-7-3-4-10-9(5-7)8(2)12-13(10)6-11(14)15/h3-5H,6H2,1-2H3,(H,14,15). The van der Waals surface area contributed by atoms with E-state index in [2.05, 4.69) is 5.10 Å². The number of hydrogen-bond donors (Lipinski definition) is 1. The summed E-state index contributed by atoms with van der Waals surface area (Å²) in [7, 11) is 0. The molecule has 0 atom stereocenters. The lowest BCUT2D eigenvalue weighted by molar-refractivity contribution is -0.137. The van der Waals surface area contributed by atoms with E-state index in [0.717, 1.165) is 22.2 Å². The van der Waals surface area contributed by atoms with E-state index in [1.54, 1.807) is 0 Å². The summed E-state index contributed by atoms with van der Waals surface area (Å²) < 4.78 is 1.52. The van der Waals surface area contributed by atoms with E-state index < -0.39 is 5.97 Å². The molecular formula is C11H12N2O2. The van der Waals surface area contributed by atoms with Gasteiger partial charge < -0.3 is 5.11 Å². The molecule has 0 saturated heterocycles. The van der Waals surface area contributed by atoms with Crippen LogP contribution in [0, 0.1) is 13.8 Å². The van der Waals surface area contributed by atoms with Gasteiger partial charge in [-0.15, -0.1) is 0 Å². The third kappa shape index (κ3) is 1.70. The Hall–Kier alpha value is -1.84. The molecule has 0 saturated carbocycles. The average Bonchev–Trinajstić information content (AvgIpc) is 2.42. The van der Waals surface area contributed by atoms with Gasteiger partial charge in [-0.1, -0.05) is 11.6 Å². The Balaban J connectivity index is 2.62. The summed E-state index contributed by atoms with van der Waals surface area (Å²) >= 11 is 0. The summed E-state index contributed by atoms with van der Waals surface area (Å²) in [5, 5.41) is 14.0. The van der Waals surface area contributed by atoms with Crippen LogP contribution in [-0.4, -0.2) is 20.9 Å². The lowest BCUT2D eigenvalue weighted by Crippen LogP contribution is -2.09. The topological polar surface area (TPSA) is 55.1 Å². The van der Waals surface area contributed by atoms with Gasteiger partial charge in [0.05, 0.1) is 11.2 Å². The fraction of sp³-hybridized carbons (Fsp3) is 0.273. The van der Waals surface area contributed by atoms with Crippen molar-refractivity contribution in [3.05, 3.63) is 29.5 Å². The number of carboxylic acids is 1. The van der Waals surface area contributed by atoms with E-state index in [0.29, 0.717) is 0 Å². The molecule has 1 heterocycles. The van der Waals surface area contributed by atoms with Crippen LogP contribution in [0.1, 0.15) is 11.3 Å². The molecule has 0 aliphatic heterocycles. The van der Waals surface area contributed by atoms with E-state index >= 15 is 0 Å². The summed E-state index contributed by atoms with van der Waals surface area (Å²) in [6, 6.07) is 5.89. The minimum atomic E-state index is -0.875.